The summed E-state index contributed by atoms with van der Waals surface area (Å²) in [7, 11) is 0. The maximum Gasteiger partial charge on any atom is 0.259 e. The number of aromatic nitrogens is 2. The standard InChI is InChI=1S/C18H18ClN3OS/c1-11-6-7-12(8-14(11)19)20-10-13-9-17(23)22-15-4-2-3-5-16(15)24-18(22)21-13/h6-9,20H,2-5,10H2,1H3. The fourth-order valence-electron chi connectivity index (χ4n) is 3.13. The second-order valence-electron chi connectivity index (χ2n) is 6.20. The molecule has 2 aromatic heterocycles. The largest absolute Gasteiger partial charge is 0.379 e. The molecular formula is C18H18ClN3OS. The smallest absolute Gasteiger partial charge is 0.259 e. The summed E-state index contributed by atoms with van der Waals surface area (Å²) in [6.07, 6.45) is 4.41. The lowest BCUT2D eigenvalue weighted by molar-refractivity contribution is 0.670. The number of aryl methyl sites for hydroxylation is 3. The van der Waals surface area contributed by atoms with Gasteiger partial charge in [0, 0.05) is 27.3 Å². The van der Waals surface area contributed by atoms with E-state index in [-0.39, 0.29) is 5.56 Å². The third kappa shape index (κ3) is 2.82. The van der Waals surface area contributed by atoms with Crippen LogP contribution in [0.3, 0.4) is 0 Å². The molecule has 6 heteroatoms. The molecule has 1 aromatic carbocycles. The van der Waals surface area contributed by atoms with Crippen molar-refractivity contribution in [1.82, 2.24) is 9.38 Å². The van der Waals surface area contributed by atoms with Crippen LogP contribution >= 0.6 is 22.9 Å². The number of anilines is 1. The zero-order valence-corrected chi connectivity index (χ0v) is 15.0. The molecule has 124 valence electrons. The van der Waals surface area contributed by atoms with E-state index in [1.165, 1.54) is 17.0 Å². The van der Waals surface area contributed by atoms with Gasteiger partial charge < -0.3 is 5.32 Å². The van der Waals surface area contributed by atoms with Crippen LogP contribution in [0, 0.1) is 6.92 Å². The zero-order valence-electron chi connectivity index (χ0n) is 13.4. The molecule has 4 nitrogen and oxygen atoms in total. The molecule has 0 fully saturated rings. The van der Waals surface area contributed by atoms with E-state index >= 15 is 0 Å². The molecule has 0 amide bonds. The number of rotatable bonds is 3. The Kier molecular flexibility index (Phi) is 4.06. The Morgan fingerprint density at radius 3 is 2.96 bits per heavy atom. The molecule has 0 radical (unpaired) electrons. The van der Waals surface area contributed by atoms with Crippen molar-refractivity contribution in [2.75, 3.05) is 5.32 Å². The molecule has 0 bridgehead atoms. The highest BCUT2D eigenvalue weighted by Gasteiger charge is 2.18. The van der Waals surface area contributed by atoms with Gasteiger partial charge in [-0.25, -0.2) is 4.98 Å². The second-order valence-corrected chi connectivity index (χ2v) is 7.67. The summed E-state index contributed by atoms with van der Waals surface area (Å²) in [4.78, 5) is 19.3. The SMILES string of the molecule is Cc1ccc(NCc2cc(=O)n3c4c(sc3n2)CCCC4)cc1Cl. The fourth-order valence-corrected chi connectivity index (χ4v) is 4.54. The van der Waals surface area contributed by atoms with Crippen molar-refractivity contribution in [3.8, 4) is 0 Å². The van der Waals surface area contributed by atoms with Crippen molar-refractivity contribution in [3.05, 3.63) is 61.5 Å². The predicted molar refractivity (Wildman–Crippen MR) is 99.5 cm³/mol. The Morgan fingerprint density at radius 2 is 2.12 bits per heavy atom. The minimum absolute atomic E-state index is 0.0261. The van der Waals surface area contributed by atoms with Crippen LogP contribution in [0.15, 0.2) is 29.1 Å². The zero-order chi connectivity index (χ0) is 16.7. The second kappa shape index (κ2) is 6.22. The number of thiazole rings is 1. The predicted octanol–water partition coefficient (Wildman–Crippen LogP) is 4.21. The van der Waals surface area contributed by atoms with Crippen LogP contribution in [-0.2, 0) is 19.4 Å². The first kappa shape index (κ1) is 15.7. The van der Waals surface area contributed by atoms with Gasteiger partial charge in [-0.1, -0.05) is 17.7 Å². The van der Waals surface area contributed by atoms with Gasteiger partial charge in [0.25, 0.3) is 5.56 Å². The van der Waals surface area contributed by atoms with Crippen LogP contribution in [0.25, 0.3) is 4.96 Å². The maximum atomic E-state index is 12.5. The van der Waals surface area contributed by atoms with Crippen LogP contribution < -0.4 is 10.9 Å². The van der Waals surface area contributed by atoms with E-state index in [1.54, 1.807) is 21.8 Å². The number of nitrogens with zero attached hydrogens (tertiary/aromatic N) is 2. The molecule has 0 unspecified atom stereocenters. The Hall–Kier alpha value is -1.85. The van der Waals surface area contributed by atoms with Gasteiger partial charge in [0.15, 0.2) is 4.96 Å². The van der Waals surface area contributed by atoms with Gasteiger partial charge in [0.2, 0.25) is 0 Å². The molecule has 1 aliphatic carbocycles. The first-order valence-electron chi connectivity index (χ1n) is 8.15. The number of hydrogen-bond donors (Lipinski definition) is 1. The highest BCUT2D eigenvalue weighted by Crippen LogP contribution is 2.28. The Balaban J connectivity index is 1.63. The minimum Gasteiger partial charge on any atom is -0.379 e. The van der Waals surface area contributed by atoms with Gasteiger partial charge in [-0.2, -0.15) is 0 Å². The number of nitrogens with one attached hydrogen (secondary N) is 1. The topological polar surface area (TPSA) is 46.4 Å². The van der Waals surface area contributed by atoms with Crippen molar-refractivity contribution in [1.29, 1.82) is 0 Å². The quantitative estimate of drug-likeness (QED) is 0.762. The lowest BCUT2D eigenvalue weighted by Crippen LogP contribution is -2.18. The van der Waals surface area contributed by atoms with Crippen LogP contribution in [0.4, 0.5) is 5.69 Å². The first-order chi connectivity index (χ1) is 11.6. The van der Waals surface area contributed by atoms with Crippen molar-refractivity contribution < 1.29 is 0 Å². The average Bonchev–Trinajstić information content (AvgIpc) is 2.94. The molecule has 24 heavy (non-hydrogen) atoms. The van der Waals surface area contributed by atoms with Gasteiger partial charge in [-0.05, 0) is 50.3 Å². The van der Waals surface area contributed by atoms with Crippen molar-refractivity contribution >= 4 is 33.6 Å². The summed E-state index contributed by atoms with van der Waals surface area (Å²) in [6.45, 7) is 2.48. The number of hydrogen-bond acceptors (Lipinski definition) is 4. The van der Waals surface area contributed by atoms with E-state index < -0.39 is 0 Å². The Labute approximate surface area is 149 Å². The molecule has 0 saturated carbocycles. The number of benzene rings is 1. The van der Waals surface area contributed by atoms with E-state index in [0.29, 0.717) is 6.54 Å². The van der Waals surface area contributed by atoms with Gasteiger partial charge in [0.05, 0.1) is 12.2 Å². The molecule has 2 heterocycles. The molecule has 4 rings (SSSR count). The summed E-state index contributed by atoms with van der Waals surface area (Å²) in [5, 5.41) is 4.02. The van der Waals surface area contributed by atoms with Gasteiger partial charge in [-0.3, -0.25) is 9.20 Å². The Morgan fingerprint density at radius 1 is 1.29 bits per heavy atom. The molecular weight excluding hydrogens is 342 g/mol. The third-order valence-electron chi connectivity index (χ3n) is 4.46. The molecule has 0 saturated heterocycles. The van der Waals surface area contributed by atoms with Gasteiger partial charge in [0.1, 0.15) is 0 Å². The maximum absolute atomic E-state index is 12.5. The summed E-state index contributed by atoms with van der Waals surface area (Å²) >= 11 is 7.81. The molecule has 1 N–H and O–H groups in total. The van der Waals surface area contributed by atoms with Crippen molar-refractivity contribution in [3.63, 3.8) is 0 Å². The highest BCUT2D eigenvalue weighted by atomic mass is 35.5. The van der Waals surface area contributed by atoms with E-state index in [2.05, 4.69) is 10.3 Å². The van der Waals surface area contributed by atoms with E-state index in [9.17, 15) is 4.79 Å². The fraction of sp³-hybridized carbons (Fsp3) is 0.333. The van der Waals surface area contributed by atoms with E-state index in [1.807, 2.05) is 25.1 Å². The third-order valence-corrected chi connectivity index (χ3v) is 6.01. The van der Waals surface area contributed by atoms with Gasteiger partial charge in [-0.15, -0.1) is 11.3 Å². The summed E-state index contributed by atoms with van der Waals surface area (Å²) in [5.41, 5.74) is 3.93. The number of halogens is 1. The Bertz CT molecular complexity index is 976. The molecule has 0 aliphatic heterocycles. The van der Waals surface area contributed by atoms with Crippen LogP contribution in [-0.4, -0.2) is 9.38 Å². The lowest BCUT2D eigenvalue weighted by Gasteiger charge is -2.10. The van der Waals surface area contributed by atoms with E-state index in [4.69, 9.17) is 11.6 Å². The van der Waals surface area contributed by atoms with Crippen LogP contribution in [0.5, 0.6) is 0 Å². The minimum atomic E-state index is 0.0261. The summed E-state index contributed by atoms with van der Waals surface area (Å²) < 4.78 is 1.80. The summed E-state index contributed by atoms with van der Waals surface area (Å²) in [5.74, 6) is 0. The van der Waals surface area contributed by atoms with Crippen LogP contribution in [0.2, 0.25) is 5.02 Å². The molecule has 1 aliphatic rings. The van der Waals surface area contributed by atoms with Crippen LogP contribution in [0.1, 0.15) is 34.7 Å². The van der Waals surface area contributed by atoms with E-state index in [0.717, 1.165) is 46.2 Å². The summed E-state index contributed by atoms with van der Waals surface area (Å²) in [6, 6.07) is 7.49. The number of fused-ring (bicyclic) bond motifs is 3. The van der Waals surface area contributed by atoms with Gasteiger partial charge >= 0.3 is 0 Å². The van der Waals surface area contributed by atoms with Crippen molar-refractivity contribution in [2.24, 2.45) is 0 Å². The first-order valence-corrected chi connectivity index (χ1v) is 9.34. The van der Waals surface area contributed by atoms with Crippen molar-refractivity contribution in [2.45, 2.75) is 39.2 Å². The molecule has 0 spiro atoms. The molecule has 3 aromatic rings. The normalized spacial score (nSPS) is 13.9. The monoisotopic (exact) mass is 359 g/mol. The average molecular weight is 360 g/mol. The lowest BCUT2D eigenvalue weighted by atomic mass is 10.0. The highest BCUT2D eigenvalue weighted by molar-refractivity contribution is 7.17. The molecule has 0 atom stereocenters.